The van der Waals surface area contributed by atoms with E-state index in [-0.39, 0.29) is 0 Å². The molecule has 1 atom stereocenters. The maximum Gasteiger partial charge on any atom is 0.0472 e. The van der Waals surface area contributed by atoms with Crippen molar-refractivity contribution in [2.45, 2.75) is 31.4 Å². The minimum Gasteiger partial charge on any atom is -0.381 e. The summed E-state index contributed by atoms with van der Waals surface area (Å²) in [6.07, 6.45) is 3.74. The van der Waals surface area contributed by atoms with Gasteiger partial charge in [-0.05, 0) is 31.7 Å². The van der Waals surface area contributed by atoms with E-state index in [4.69, 9.17) is 4.74 Å². The van der Waals surface area contributed by atoms with Crippen LogP contribution in [0.25, 0.3) is 0 Å². The number of nitrogens with zero attached hydrogens (tertiary/aromatic N) is 1. The van der Waals surface area contributed by atoms with Gasteiger partial charge in [-0.3, -0.25) is 0 Å². The first-order valence-electron chi connectivity index (χ1n) is 7.34. The largest absolute Gasteiger partial charge is 0.381 e. The summed E-state index contributed by atoms with van der Waals surface area (Å²) in [5, 5.41) is 4.26. The molecule has 2 aliphatic rings. The predicted octanol–water partition coefficient (Wildman–Crippen LogP) is 1.83. The molecule has 3 nitrogen and oxygen atoms in total. The lowest BCUT2D eigenvalue weighted by Crippen LogP contribution is -2.50. The van der Waals surface area contributed by atoms with Crippen molar-refractivity contribution in [1.29, 1.82) is 0 Å². The van der Waals surface area contributed by atoms with E-state index in [1.54, 1.807) is 0 Å². The molecule has 0 aliphatic carbocycles. The van der Waals surface area contributed by atoms with Gasteiger partial charge in [0.2, 0.25) is 0 Å². The van der Waals surface area contributed by atoms with Crippen molar-refractivity contribution < 1.29 is 4.74 Å². The third kappa shape index (κ3) is 3.86. The van der Waals surface area contributed by atoms with Crippen molar-refractivity contribution in [3.63, 3.8) is 0 Å². The van der Waals surface area contributed by atoms with Crippen molar-refractivity contribution in [2.24, 2.45) is 5.41 Å². The second kappa shape index (κ2) is 7.13. The number of thioether (sulfide) groups is 1. The fourth-order valence-electron chi connectivity index (χ4n) is 3.22. The van der Waals surface area contributed by atoms with Gasteiger partial charge in [-0.15, -0.1) is 0 Å². The molecule has 1 unspecified atom stereocenters. The van der Waals surface area contributed by atoms with Gasteiger partial charge in [-0.2, -0.15) is 11.8 Å². The van der Waals surface area contributed by atoms with Crippen LogP contribution in [-0.2, 0) is 4.74 Å². The Hall–Kier alpha value is 0.230. The van der Waals surface area contributed by atoms with Crippen molar-refractivity contribution >= 4 is 11.8 Å². The summed E-state index contributed by atoms with van der Waals surface area (Å²) in [6, 6.07) is 0. The van der Waals surface area contributed by atoms with Crippen LogP contribution < -0.4 is 5.32 Å². The van der Waals surface area contributed by atoms with E-state index < -0.39 is 0 Å². The SMILES string of the molecule is CCC1CN(CC2(CNC)CCOCC2)CCS1. The molecule has 0 radical (unpaired) electrons. The molecule has 0 aromatic heterocycles. The molecule has 0 saturated carbocycles. The Balaban J connectivity index is 1.91. The Morgan fingerprint density at radius 1 is 1.39 bits per heavy atom. The molecule has 0 amide bonds. The van der Waals surface area contributed by atoms with E-state index in [1.807, 2.05) is 0 Å². The van der Waals surface area contributed by atoms with Gasteiger partial charge in [0.1, 0.15) is 0 Å². The molecule has 18 heavy (non-hydrogen) atoms. The molecule has 106 valence electrons. The lowest BCUT2D eigenvalue weighted by Gasteiger charge is -2.43. The van der Waals surface area contributed by atoms with E-state index in [9.17, 15) is 0 Å². The fraction of sp³-hybridized carbons (Fsp3) is 1.00. The van der Waals surface area contributed by atoms with E-state index in [1.165, 1.54) is 44.6 Å². The molecule has 4 heteroatoms. The van der Waals surface area contributed by atoms with Crippen LogP contribution in [0.15, 0.2) is 0 Å². The van der Waals surface area contributed by atoms with Crippen LogP contribution in [0.1, 0.15) is 26.2 Å². The van der Waals surface area contributed by atoms with Crippen LogP contribution in [0.5, 0.6) is 0 Å². The zero-order chi connectivity index (χ0) is 12.8. The van der Waals surface area contributed by atoms with Gasteiger partial charge in [0.25, 0.3) is 0 Å². The Labute approximate surface area is 116 Å². The second-order valence-corrected chi connectivity index (χ2v) is 7.19. The summed E-state index contributed by atoms with van der Waals surface area (Å²) in [7, 11) is 2.08. The molecular weight excluding hydrogens is 244 g/mol. The second-order valence-electron chi connectivity index (χ2n) is 5.78. The number of nitrogens with one attached hydrogen (secondary N) is 1. The van der Waals surface area contributed by atoms with E-state index in [0.717, 1.165) is 25.0 Å². The smallest absolute Gasteiger partial charge is 0.0472 e. The fourth-order valence-corrected chi connectivity index (χ4v) is 4.46. The Morgan fingerprint density at radius 2 is 2.17 bits per heavy atom. The first-order chi connectivity index (χ1) is 8.78. The molecule has 2 aliphatic heterocycles. The van der Waals surface area contributed by atoms with Gasteiger partial charge in [0.15, 0.2) is 0 Å². The first-order valence-corrected chi connectivity index (χ1v) is 8.39. The lowest BCUT2D eigenvalue weighted by molar-refractivity contribution is -0.00304. The maximum atomic E-state index is 5.55. The Morgan fingerprint density at radius 3 is 2.83 bits per heavy atom. The molecule has 2 rings (SSSR count). The van der Waals surface area contributed by atoms with Gasteiger partial charge in [0.05, 0.1) is 0 Å². The lowest BCUT2D eigenvalue weighted by atomic mass is 9.79. The highest BCUT2D eigenvalue weighted by molar-refractivity contribution is 8.00. The molecule has 1 N–H and O–H groups in total. The van der Waals surface area contributed by atoms with Crippen molar-refractivity contribution in [3.8, 4) is 0 Å². The zero-order valence-electron chi connectivity index (χ0n) is 11.9. The van der Waals surface area contributed by atoms with Crippen LogP contribution in [0.3, 0.4) is 0 Å². The Bertz CT molecular complexity index is 238. The molecular formula is C14H28N2OS. The summed E-state index contributed by atoms with van der Waals surface area (Å²) < 4.78 is 5.55. The topological polar surface area (TPSA) is 24.5 Å². The third-order valence-electron chi connectivity index (χ3n) is 4.34. The Kier molecular flexibility index (Phi) is 5.80. The third-order valence-corrected chi connectivity index (χ3v) is 5.71. The molecule has 2 saturated heterocycles. The molecule has 0 aromatic carbocycles. The van der Waals surface area contributed by atoms with Gasteiger partial charge < -0.3 is 15.0 Å². The van der Waals surface area contributed by atoms with Crippen LogP contribution >= 0.6 is 11.8 Å². The van der Waals surface area contributed by atoms with E-state index in [2.05, 4.69) is 35.9 Å². The monoisotopic (exact) mass is 272 g/mol. The minimum absolute atomic E-state index is 0.452. The highest BCUT2D eigenvalue weighted by atomic mass is 32.2. The normalized spacial score (nSPS) is 29.3. The summed E-state index contributed by atoms with van der Waals surface area (Å²) in [5.41, 5.74) is 0.452. The highest BCUT2D eigenvalue weighted by Crippen LogP contribution is 2.32. The van der Waals surface area contributed by atoms with Crippen molar-refractivity contribution in [3.05, 3.63) is 0 Å². The molecule has 0 aromatic rings. The van der Waals surface area contributed by atoms with Crippen LogP contribution in [-0.4, -0.2) is 62.3 Å². The summed E-state index contributed by atoms with van der Waals surface area (Å²) in [6.45, 7) is 9.16. The van der Waals surface area contributed by atoms with Gasteiger partial charge in [-0.1, -0.05) is 6.92 Å². The summed E-state index contributed by atoms with van der Waals surface area (Å²) in [4.78, 5) is 2.70. The van der Waals surface area contributed by atoms with Crippen LogP contribution in [0.4, 0.5) is 0 Å². The molecule has 2 fully saturated rings. The van der Waals surface area contributed by atoms with Crippen molar-refractivity contribution in [2.75, 3.05) is 52.2 Å². The van der Waals surface area contributed by atoms with Gasteiger partial charge >= 0.3 is 0 Å². The number of ether oxygens (including phenoxy) is 1. The highest BCUT2D eigenvalue weighted by Gasteiger charge is 2.35. The average Bonchev–Trinajstić information content (AvgIpc) is 2.40. The average molecular weight is 272 g/mol. The predicted molar refractivity (Wildman–Crippen MR) is 79.4 cm³/mol. The zero-order valence-corrected chi connectivity index (χ0v) is 12.7. The minimum atomic E-state index is 0.452. The summed E-state index contributed by atoms with van der Waals surface area (Å²) in [5.74, 6) is 1.31. The number of hydrogen-bond donors (Lipinski definition) is 1. The maximum absolute atomic E-state index is 5.55. The van der Waals surface area contributed by atoms with E-state index in [0.29, 0.717) is 5.41 Å². The molecule has 0 bridgehead atoms. The van der Waals surface area contributed by atoms with Gasteiger partial charge in [0, 0.05) is 50.4 Å². The first kappa shape index (κ1) is 14.6. The molecule has 2 heterocycles. The van der Waals surface area contributed by atoms with Gasteiger partial charge in [-0.25, -0.2) is 0 Å². The van der Waals surface area contributed by atoms with Crippen molar-refractivity contribution in [1.82, 2.24) is 10.2 Å². The van der Waals surface area contributed by atoms with E-state index >= 15 is 0 Å². The summed E-state index contributed by atoms with van der Waals surface area (Å²) >= 11 is 2.16. The standard InChI is InChI=1S/C14H28N2OS/c1-3-13-10-16(6-9-18-13)12-14(11-15-2)4-7-17-8-5-14/h13,15H,3-12H2,1-2H3. The van der Waals surface area contributed by atoms with Crippen LogP contribution in [0.2, 0.25) is 0 Å². The number of hydrogen-bond acceptors (Lipinski definition) is 4. The number of rotatable bonds is 5. The quantitative estimate of drug-likeness (QED) is 0.825. The molecule has 0 spiro atoms. The van der Waals surface area contributed by atoms with Crippen LogP contribution in [0, 0.1) is 5.41 Å².